The molecular weight excluding hydrogens is 1480 g/mol. The Hall–Kier alpha value is 0.840. The van der Waals surface area contributed by atoms with Crippen LogP contribution >= 0.6 is 93.9 Å². The lowest BCUT2D eigenvalue weighted by Gasteiger charge is -2.39. The van der Waals surface area contributed by atoms with Crippen molar-refractivity contribution in [3.63, 3.8) is 0 Å². The van der Waals surface area contributed by atoms with Crippen LogP contribution in [-0.4, -0.2) is 311 Å². The molecule has 60 nitrogen and oxygen atoms in total. The molecule has 2 aliphatic carbocycles. The summed E-state index contributed by atoms with van der Waals surface area (Å²) in [5.41, 5.74) is 0. The molecule has 0 radical (unpaired) electrons. The Morgan fingerprint density at radius 1 is 0.107 bits per heavy atom. The van der Waals surface area contributed by atoms with Gasteiger partial charge in [0.2, 0.25) is 0 Å². The Morgan fingerprint density at radius 2 is 0.119 bits per heavy atom. The van der Waals surface area contributed by atoms with Gasteiger partial charge in [0.15, 0.2) is 0 Å². The van der Waals surface area contributed by atoms with Crippen LogP contribution in [0.4, 0.5) is 0 Å². The summed E-state index contributed by atoms with van der Waals surface area (Å²) in [6.07, 6.45) is -19.7. The van der Waals surface area contributed by atoms with Crippen molar-refractivity contribution in [2.75, 3.05) is 0 Å². The molecular formula is C12H60O60P12. The Bertz CT molecular complexity index is 1540. The monoisotopic (exact) mass is 1540 g/mol. The number of aliphatic hydroxyl groups excluding tert-OH is 12. The number of rotatable bonds is 0. The normalized spacial score (nSPS) is 24.3. The van der Waals surface area contributed by atoms with Crippen LogP contribution in [0.25, 0.3) is 0 Å². The summed E-state index contributed by atoms with van der Waals surface area (Å²) in [7, 11) is -55.7. The van der Waals surface area contributed by atoms with Crippen molar-refractivity contribution in [1.29, 1.82) is 0 Å². The average molecular weight is 1540 g/mol. The second-order valence-electron chi connectivity index (χ2n) is 12.0. The zero-order chi connectivity index (χ0) is 72.9. The molecule has 2 saturated carbocycles. The van der Waals surface area contributed by atoms with E-state index in [0.717, 1.165) is 0 Å². The number of hydrogen-bond donors (Lipinski definition) is 48. The fourth-order valence-electron chi connectivity index (χ4n) is 2.42. The summed E-state index contributed by atoms with van der Waals surface area (Å²) in [5.74, 6) is 0. The maximum Gasteiger partial charge on any atom is 0.466 e. The fraction of sp³-hybridized carbons (Fsp3) is 1.00. The smallest absolute Gasteiger partial charge is 0.387 e. The van der Waals surface area contributed by atoms with Crippen LogP contribution < -0.4 is 0 Å². The minimum Gasteiger partial charge on any atom is -0.387 e. The van der Waals surface area contributed by atoms with Crippen LogP contribution in [0.3, 0.4) is 0 Å². The SMILES string of the molecule is O=P(O)(O)O.O=P(O)(O)O.O=P(O)(O)O.O=P(O)(O)O.O=P(O)(O)O.O=P(O)(O)O.O=P(O)(O)O.O=P(O)(O)O.O=P(O)(O)O.O=P(O)(O)O.O=P(O)(O)O.O=P(O)(O)O.OC1C(O)C(O)C(O)C(O)C1O.OC1C(O)C(O)C(O)C(O)C1O. The summed E-state index contributed by atoms with van der Waals surface area (Å²) in [5, 5.41) is 108. The van der Waals surface area contributed by atoms with Gasteiger partial charge in [-0.15, -0.1) is 0 Å². The third-order valence-electron chi connectivity index (χ3n) is 4.20. The first-order chi connectivity index (χ1) is 34.9. The van der Waals surface area contributed by atoms with Gasteiger partial charge in [-0.2, -0.15) is 0 Å². The molecule has 48 N–H and O–H groups in total. The van der Waals surface area contributed by atoms with E-state index >= 15 is 0 Å². The largest absolute Gasteiger partial charge is 0.466 e. The number of aliphatic hydroxyl groups is 12. The van der Waals surface area contributed by atoms with Crippen LogP contribution in [-0.2, 0) is 54.8 Å². The third kappa shape index (κ3) is 233. The number of phosphoric acid groups is 12. The molecule has 2 aliphatic rings. The van der Waals surface area contributed by atoms with Gasteiger partial charge in [0.05, 0.1) is 0 Å². The first-order valence-electron chi connectivity index (χ1n) is 16.5. The first kappa shape index (κ1) is 112. The lowest BCUT2D eigenvalue weighted by molar-refractivity contribution is -0.223. The van der Waals surface area contributed by atoms with Crippen molar-refractivity contribution in [1.82, 2.24) is 0 Å². The quantitative estimate of drug-likeness (QED) is 0.100. The summed E-state index contributed by atoms with van der Waals surface area (Å²) in [4.78, 5) is 259. The molecule has 0 heterocycles. The van der Waals surface area contributed by atoms with Crippen molar-refractivity contribution < 1.29 is 292 Å². The van der Waals surface area contributed by atoms with E-state index in [2.05, 4.69) is 0 Å². The van der Waals surface area contributed by atoms with Crippen LogP contribution in [0.2, 0.25) is 0 Å². The molecule has 0 unspecified atom stereocenters. The van der Waals surface area contributed by atoms with Gasteiger partial charge in [0, 0.05) is 0 Å². The van der Waals surface area contributed by atoms with Gasteiger partial charge < -0.3 is 237 Å². The highest BCUT2D eigenvalue weighted by atomic mass is 31.2. The molecule has 2 fully saturated rings. The topological polar surface area (TPSA) is 1180 Å². The molecule has 0 atom stereocenters. The van der Waals surface area contributed by atoms with E-state index in [0.29, 0.717) is 0 Å². The van der Waals surface area contributed by atoms with Gasteiger partial charge in [0.25, 0.3) is 0 Å². The van der Waals surface area contributed by atoms with Gasteiger partial charge >= 0.3 is 93.9 Å². The van der Waals surface area contributed by atoms with Crippen molar-refractivity contribution in [2.24, 2.45) is 0 Å². The molecule has 0 aromatic carbocycles. The van der Waals surface area contributed by atoms with Gasteiger partial charge in [-0.1, -0.05) is 0 Å². The second-order valence-corrected chi connectivity index (χ2v) is 24.4. The van der Waals surface area contributed by atoms with E-state index in [4.69, 9.17) is 292 Å². The van der Waals surface area contributed by atoms with Crippen molar-refractivity contribution in [3.8, 4) is 0 Å². The van der Waals surface area contributed by atoms with E-state index in [1.54, 1.807) is 0 Å². The Kier molecular flexibility index (Phi) is 65.0. The summed E-state index contributed by atoms with van der Waals surface area (Å²) >= 11 is 0. The minimum absolute atomic E-state index is 1.64. The second kappa shape index (κ2) is 48.6. The Balaban J connectivity index is -0.0000000677. The highest BCUT2D eigenvalue weighted by molar-refractivity contribution is 7.47. The predicted octanol–water partition coefficient (Wildman–Crippen LogP) is -18.8. The Labute approximate surface area is 459 Å². The van der Waals surface area contributed by atoms with Gasteiger partial charge in [0.1, 0.15) is 73.2 Å². The van der Waals surface area contributed by atoms with E-state index in [1.165, 1.54) is 0 Å². The molecule has 0 aromatic rings. The van der Waals surface area contributed by atoms with Crippen molar-refractivity contribution in [2.45, 2.75) is 73.2 Å². The maximum absolute atomic E-state index is 8.97. The fourth-order valence-corrected chi connectivity index (χ4v) is 2.42. The molecule has 2 rings (SSSR count). The number of hydrogen-bond acceptors (Lipinski definition) is 24. The van der Waals surface area contributed by atoms with E-state index in [-0.39, 0.29) is 0 Å². The molecule has 528 valence electrons. The van der Waals surface area contributed by atoms with Gasteiger partial charge in [-0.3, -0.25) is 0 Å². The lowest BCUT2D eigenvalue weighted by atomic mass is 9.85. The van der Waals surface area contributed by atoms with E-state index < -0.39 is 167 Å². The third-order valence-corrected chi connectivity index (χ3v) is 4.20. The molecule has 0 saturated heterocycles. The van der Waals surface area contributed by atoms with Gasteiger partial charge in [-0.05, 0) is 0 Å². The molecule has 0 aliphatic heterocycles. The average Bonchev–Trinajstić information content (AvgIpc) is 3.05. The molecule has 0 aromatic heterocycles. The molecule has 72 heteroatoms. The first-order valence-corrected chi connectivity index (χ1v) is 35.3. The highest BCUT2D eigenvalue weighted by Gasteiger charge is 2.48. The van der Waals surface area contributed by atoms with Crippen molar-refractivity contribution >= 4 is 93.9 Å². The Morgan fingerprint density at radius 3 is 0.131 bits per heavy atom. The van der Waals surface area contributed by atoms with E-state index in [9.17, 15) is 0 Å². The van der Waals surface area contributed by atoms with Crippen LogP contribution in [0, 0.1) is 0 Å². The highest BCUT2D eigenvalue weighted by Crippen LogP contribution is 2.31. The zero-order valence-corrected chi connectivity index (χ0v) is 49.4. The van der Waals surface area contributed by atoms with Gasteiger partial charge in [-0.25, -0.2) is 54.8 Å². The molecule has 0 amide bonds. The van der Waals surface area contributed by atoms with Crippen molar-refractivity contribution in [3.05, 3.63) is 0 Å². The van der Waals surface area contributed by atoms with E-state index in [1.807, 2.05) is 0 Å². The standard InChI is InChI=1S/2C6H12O6.12H3O4P/c2*7-1-2(8)4(10)6(12)5(11)3(1)9;12*1-5(2,3)4/h2*1-12H;12*(H3,1,2,3,4). The molecule has 0 bridgehead atoms. The summed E-state index contributed by atoms with van der Waals surface area (Å²) in [6, 6.07) is 0. The maximum atomic E-state index is 8.97. The summed E-state index contributed by atoms with van der Waals surface area (Å²) < 4.78 is 107. The van der Waals surface area contributed by atoms with Crippen LogP contribution in [0.1, 0.15) is 0 Å². The lowest BCUT2D eigenvalue weighted by Crippen LogP contribution is -2.63. The van der Waals surface area contributed by atoms with Crippen LogP contribution in [0.5, 0.6) is 0 Å². The van der Waals surface area contributed by atoms with Crippen LogP contribution in [0.15, 0.2) is 0 Å². The predicted molar refractivity (Wildman–Crippen MR) is 243 cm³/mol. The minimum atomic E-state index is -4.64. The zero-order valence-electron chi connectivity index (χ0n) is 38.7. The molecule has 0 spiro atoms. The molecule has 84 heavy (non-hydrogen) atoms. The summed E-state index contributed by atoms with van der Waals surface area (Å²) in [6.45, 7) is 0.